The van der Waals surface area contributed by atoms with E-state index < -0.39 is 6.16 Å². The zero-order chi connectivity index (χ0) is 23.9. The van der Waals surface area contributed by atoms with Crippen LogP contribution in [0, 0.1) is 28.6 Å². The van der Waals surface area contributed by atoms with Crippen LogP contribution in [0.4, 0.5) is 4.79 Å². The Morgan fingerprint density at radius 3 is 2.76 bits per heavy atom. The minimum Gasteiger partial charge on any atom is -0.450 e. The Balaban J connectivity index is 1.23. The lowest BCUT2D eigenvalue weighted by atomic mass is 9.46. The van der Waals surface area contributed by atoms with Crippen LogP contribution >= 0.6 is 0 Å². The van der Waals surface area contributed by atoms with E-state index in [-0.39, 0.29) is 23.8 Å². The summed E-state index contributed by atoms with van der Waals surface area (Å²) in [6.45, 7) is 5.77. The van der Waals surface area contributed by atoms with Crippen molar-refractivity contribution in [2.75, 3.05) is 13.2 Å². The number of fused-ring (bicyclic) bond motifs is 5. The fourth-order valence-corrected chi connectivity index (χ4v) is 8.24. The van der Waals surface area contributed by atoms with Gasteiger partial charge in [0.15, 0.2) is 0 Å². The number of rotatable bonds is 6. The maximum absolute atomic E-state index is 11.5. The molecule has 0 saturated heterocycles. The summed E-state index contributed by atoms with van der Waals surface area (Å²) >= 11 is 0. The largest absolute Gasteiger partial charge is 0.505 e. The normalized spacial score (nSPS) is 38.9. The smallest absolute Gasteiger partial charge is 0.450 e. The fraction of sp³-hybridized carbons (Fsp3) is 0.714. The predicted molar refractivity (Wildman–Crippen MR) is 128 cm³/mol. The highest BCUT2D eigenvalue weighted by Crippen LogP contribution is 2.67. The van der Waals surface area contributed by atoms with Gasteiger partial charge < -0.3 is 19.0 Å². The zero-order valence-electron chi connectivity index (χ0n) is 20.5. The number of carbonyl (C=O) groups is 1. The van der Waals surface area contributed by atoms with Crippen molar-refractivity contribution in [1.82, 2.24) is 0 Å². The van der Waals surface area contributed by atoms with Crippen LogP contribution < -0.4 is 5.63 Å². The molecular weight excluding hydrogens is 432 g/mol. The minimum absolute atomic E-state index is 0.169. The average Bonchev–Trinajstić information content (AvgIpc) is 3.16. The van der Waals surface area contributed by atoms with E-state index >= 15 is 0 Å². The van der Waals surface area contributed by atoms with Crippen LogP contribution in [-0.4, -0.2) is 30.6 Å². The summed E-state index contributed by atoms with van der Waals surface area (Å²) in [5.74, 6) is 2.52. The van der Waals surface area contributed by atoms with Crippen LogP contribution in [0.15, 0.2) is 39.3 Å². The summed E-state index contributed by atoms with van der Waals surface area (Å²) in [6, 6.07) is 3.53. The van der Waals surface area contributed by atoms with E-state index in [1.807, 2.05) is 6.07 Å². The molecule has 4 aliphatic rings. The van der Waals surface area contributed by atoms with Crippen LogP contribution in [0.1, 0.15) is 83.1 Å². The van der Waals surface area contributed by atoms with Crippen LogP contribution in [0.2, 0.25) is 0 Å². The zero-order valence-corrected chi connectivity index (χ0v) is 20.5. The molecule has 6 nitrogen and oxygen atoms in total. The second-order valence-corrected chi connectivity index (χ2v) is 11.5. The van der Waals surface area contributed by atoms with Crippen LogP contribution in [-0.2, 0) is 9.47 Å². The Labute approximate surface area is 201 Å². The Bertz CT molecular complexity index is 976. The third-order valence-electron chi connectivity index (χ3n) is 10.0. The summed E-state index contributed by atoms with van der Waals surface area (Å²) in [5.41, 5.74) is 3.11. The van der Waals surface area contributed by atoms with Crippen molar-refractivity contribution in [2.45, 2.75) is 83.7 Å². The van der Waals surface area contributed by atoms with Crippen LogP contribution in [0.3, 0.4) is 0 Å². The molecule has 1 N–H and O–H groups in total. The number of ether oxygens (including phenoxy) is 2. The van der Waals surface area contributed by atoms with Gasteiger partial charge >= 0.3 is 11.8 Å². The van der Waals surface area contributed by atoms with Gasteiger partial charge in [-0.3, -0.25) is 0 Å². The molecule has 6 heteroatoms. The molecule has 0 unspecified atom stereocenters. The Hall–Kier alpha value is -2.08. The molecule has 3 saturated carbocycles. The topological polar surface area (TPSA) is 86.0 Å². The van der Waals surface area contributed by atoms with Gasteiger partial charge in [-0.25, -0.2) is 9.59 Å². The van der Waals surface area contributed by atoms with Crippen molar-refractivity contribution < 1.29 is 23.8 Å². The summed E-state index contributed by atoms with van der Waals surface area (Å²) in [7, 11) is 0. The molecule has 0 radical (unpaired) electrons. The van der Waals surface area contributed by atoms with E-state index in [0.29, 0.717) is 36.2 Å². The molecule has 1 heterocycles. The monoisotopic (exact) mass is 470 g/mol. The molecule has 1 aromatic heterocycles. The Morgan fingerprint density at radius 1 is 1.15 bits per heavy atom. The quantitative estimate of drug-likeness (QED) is 0.305. The predicted octanol–water partition coefficient (Wildman–Crippen LogP) is 6.16. The van der Waals surface area contributed by atoms with Crippen LogP contribution in [0.5, 0.6) is 0 Å². The molecule has 0 bridgehead atoms. The van der Waals surface area contributed by atoms with E-state index in [1.54, 1.807) is 17.9 Å². The number of carboxylic acid groups (broad SMARTS) is 1. The van der Waals surface area contributed by atoms with Crippen molar-refractivity contribution in [3.8, 4) is 0 Å². The first-order valence-corrected chi connectivity index (χ1v) is 13.1. The lowest BCUT2D eigenvalue weighted by Crippen LogP contribution is -2.52. The molecule has 34 heavy (non-hydrogen) atoms. The molecule has 3 fully saturated rings. The second kappa shape index (κ2) is 9.18. The summed E-state index contributed by atoms with van der Waals surface area (Å²) in [4.78, 5) is 22.0. The van der Waals surface area contributed by atoms with Crippen molar-refractivity contribution >= 4 is 6.16 Å². The van der Waals surface area contributed by atoms with Gasteiger partial charge in [-0.1, -0.05) is 25.5 Å². The van der Waals surface area contributed by atoms with E-state index in [2.05, 4.69) is 24.7 Å². The summed E-state index contributed by atoms with van der Waals surface area (Å²) < 4.78 is 16.0. The third kappa shape index (κ3) is 4.12. The molecule has 0 amide bonds. The molecule has 0 aliphatic heterocycles. The van der Waals surface area contributed by atoms with Gasteiger partial charge in [-0.2, -0.15) is 0 Å². The highest BCUT2D eigenvalue weighted by Gasteiger charge is 2.57. The van der Waals surface area contributed by atoms with E-state index in [1.165, 1.54) is 32.1 Å². The fourth-order valence-electron chi connectivity index (χ4n) is 8.24. The van der Waals surface area contributed by atoms with Gasteiger partial charge in [0.1, 0.15) is 0 Å². The molecule has 1 aromatic rings. The first-order chi connectivity index (χ1) is 16.3. The number of hydrogen-bond donors (Lipinski definition) is 1. The first-order valence-electron chi connectivity index (χ1n) is 13.1. The number of hydrogen-bond acceptors (Lipinski definition) is 5. The van der Waals surface area contributed by atoms with Crippen molar-refractivity contribution in [3.05, 3.63) is 46.0 Å². The highest BCUT2D eigenvalue weighted by atomic mass is 16.7. The number of allylic oxidation sites excluding steroid dienone is 2. The minimum atomic E-state index is -1.21. The van der Waals surface area contributed by atoms with E-state index in [9.17, 15) is 9.59 Å². The van der Waals surface area contributed by atoms with Crippen molar-refractivity contribution in [2.24, 2.45) is 28.6 Å². The SMILES string of the molecule is C[C@]12CC[C@H](OCCCOC(=O)O)C[C@H]1CC[C@H]1C3=CC[C@H](c4ccc(=O)oc4)[C@@]3(C)CC[C@@H]12. The molecule has 0 aromatic carbocycles. The molecule has 4 aliphatic carbocycles. The lowest BCUT2D eigenvalue weighted by Gasteiger charge is -2.59. The Morgan fingerprint density at radius 2 is 2.00 bits per heavy atom. The van der Waals surface area contributed by atoms with E-state index in [0.717, 1.165) is 30.7 Å². The standard InChI is InChI=1S/C28H38O6/c1-27-12-10-20(32-14-3-15-33-26(30)31)16-19(27)5-6-21-23-8-7-22(18-4-9-25(29)34-17-18)28(23,2)13-11-24(21)27/h4,8-9,17,19-22,24H,3,5-7,10-16H2,1-2H3,(H,30,31)/t19-,20+,21+,22-,24+,27+,28-/m1/s1. The van der Waals surface area contributed by atoms with Gasteiger partial charge in [-0.15, -0.1) is 0 Å². The molecular formula is C28H38O6. The maximum Gasteiger partial charge on any atom is 0.505 e. The second-order valence-electron chi connectivity index (χ2n) is 11.5. The molecule has 186 valence electrons. The average molecular weight is 471 g/mol. The molecule has 0 spiro atoms. The van der Waals surface area contributed by atoms with E-state index in [4.69, 9.17) is 14.3 Å². The van der Waals surface area contributed by atoms with Crippen LogP contribution in [0.25, 0.3) is 0 Å². The van der Waals surface area contributed by atoms with Gasteiger partial charge in [0, 0.05) is 12.5 Å². The van der Waals surface area contributed by atoms with Gasteiger partial charge in [0.25, 0.3) is 0 Å². The van der Waals surface area contributed by atoms with Gasteiger partial charge in [0.2, 0.25) is 0 Å². The van der Waals surface area contributed by atoms with Crippen molar-refractivity contribution in [3.63, 3.8) is 0 Å². The Kier molecular flexibility index (Phi) is 6.38. The third-order valence-corrected chi connectivity index (χ3v) is 10.0. The maximum atomic E-state index is 11.5. The lowest BCUT2D eigenvalue weighted by molar-refractivity contribution is -0.0995. The highest BCUT2D eigenvalue weighted by molar-refractivity contribution is 5.56. The molecule has 5 rings (SSSR count). The van der Waals surface area contributed by atoms with Gasteiger partial charge in [0.05, 0.1) is 25.6 Å². The summed E-state index contributed by atoms with van der Waals surface area (Å²) in [5, 5.41) is 8.59. The molecule has 7 atom stereocenters. The van der Waals surface area contributed by atoms with Gasteiger partial charge in [-0.05, 0) is 97.5 Å². The van der Waals surface area contributed by atoms with Crippen molar-refractivity contribution in [1.29, 1.82) is 0 Å². The summed E-state index contributed by atoms with van der Waals surface area (Å²) in [6.07, 6.45) is 13.4. The first kappa shape index (κ1) is 23.7.